The fourth-order valence-electron chi connectivity index (χ4n) is 3.83. The second-order valence-corrected chi connectivity index (χ2v) is 7.52. The van der Waals surface area contributed by atoms with E-state index in [-0.39, 0.29) is 46.5 Å². The summed E-state index contributed by atoms with van der Waals surface area (Å²) in [4.78, 5) is 14.8. The predicted molar refractivity (Wildman–Crippen MR) is 108 cm³/mol. The average Bonchev–Trinajstić information content (AvgIpc) is 2.71. The van der Waals surface area contributed by atoms with Gasteiger partial charge in [0.25, 0.3) is 0 Å². The highest BCUT2D eigenvalue weighted by Crippen LogP contribution is 2.36. The van der Waals surface area contributed by atoms with Crippen LogP contribution in [0.2, 0.25) is 0 Å². The molecule has 1 aliphatic heterocycles. The van der Waals surface area contributed by atoms with Crippen molar-refractivity contribution >= 4 is 11.0 Å². The molecule has 4 rings (SSSR count). The molecule has 152 valence electrons. The lowest BCUT2D eigenvalue weighted by molar-refractivity contribution is 0.127. The molecule has 7 nitrogen and oxygen atoms in total. The van der Waals surface area contributed by atoms with E-state index in [1.54, 1.807) is 12.1 Å². The van der Waals surface area contributed by atoms with Gasteiger partial charge >= 0.3 is 0 Å². The lowest BCUT2D eigenvalue weighted by Gasteiger charge is -2.31. The van der Waals surface area contributed by atoms with Crippen molar-refractivity contribution in [2.75, 3.05) is 19.7 Å². The number of hydrogen-bond donors (Lipinski definition) is 4. The Morgan fingerprint density at radius 1 is 1.00 bits per heavy atom. The molecular formula is C22H23NO6. The first kappa shape index (κ1) is 19.3. The molecule has 1 aliphatic rings. The minimum absolute atomic E-state index is 0.0329. The Morgan fingerprint density at radius 3 is 2.34 bits per heavy atom. The van der Waals surface area contributed by atoms with Crippen molar-refractivity contribution in [2.45, 2.75) is 19.4 Å². The van der Waals surface area contributed by atoms with Crippen LogP contribution in [0.15, 0.2) is 45.6 Å². The number of benzene rings is 2. The van der Waals surface area contributed by atoms with Crippen LogP contribution in [-0.2, 0) is 6.54 Å². The van der Waals surface area contributed by atoms with Crippen molar-refractivity contribution in [3.05, 3.63) is 52.2 Å². The van der Waals surface area contributed by atoms with Gasteiger partial charge < -0.3 is 24.8 Å². The molecule has 7 heteroatoms. The van der Waals surface area contributed by atoms with Crippen LogP contribution in [0, 0.1) is 5.92 Å². The van der Waals surface area contributed by atoms with Crippen LogP contribution in [0.4, 0.5) is 0 Å². The first-order chi connectivity index (χ1) is 14.0. The molecule has 0 spiro atoms. The summed E-state index contributed by atoms with van der Waals surface area (Å²) in [6, 6.07) is 8.71. The largest absolute Gasteiger partial charge is 0.508 e. The number of piperidine rings is 1. The van der Waals surface area contributed by atoms with Gasteiger partial charge in [-0.05, 0) is 56.1 Å². The number of aliphatic hydroxyl groups excluding tert-OH is 1. The molecule has 3 aromatic rings. The Labute approximate surface area is 167 Å². The molecule has 0 unspecified atom stereocenters. The van der Waals surface area contributed by atoms with Crippen molar-refractivity contribution in [2.24, 2.45) is 5.92 Å². The smallest absolute Gasteiger partial charge is 0.197 e. The van der Waals surface area contributed by atoms with E-state index in [2.05, 4.69) is 4.90 Å². The van der Waals surface area contributed by atoms with E-state index in [0.29, 0.717) is 17.7 Å². The van der Waals surface area contributed by atoms with Gasteiger partial charge in [-0.15, -0.1) is 0 Å². The maximum Gasteiger partial charge on any atom is 0.197 e. The van der Waals surface area contributed by atoms with Crippen molar-refractivity contribution < 1.29 is 24.8 Å². The van der Waals surface area contributed by atoms with E-state index in [1.807, 2.05) is 0 Å². The van der Waals surface area contributed by atoms with Crippen molar-refractivity contribution in [1.82, 2.24) is 4.90 Å². The molecule has 1 fully saturated rings. The quantitative estimate of drug-likeness (QED) is 0.535. The summed E-state index contributed by atoms with van der Waals surface area (Å²) in [5.74, 6) is 0.207. The van der Waals surface area contributed by atoms with Gasteiger partial charge in [0.2, 0.25) is 0 Å². The minimum Gasteiger partial charge on any atom is -0.508 e. The summed E-state index contributed by atoms with van der Waals surface area (Å²) in [6.07, 6.45) is 1.71. The fraction of sp³-hybridized carbons (Fsp3) is 0.318. The number of likely N-dealkylation sites (tertiary alicyclic amines) is 1. The molecule has 29 heavy (non-hydrogen) atoms. The van der Waals surface area contributed by atoms with Crippen LogP contribution < -0.4 is 5.43 Å². The van der Waals surface area contributed by atoms with Gasteiger partial charge in [0.15, 0.2) is 11.0 Å². The van der Waals surface area contributed by atoms with E-state index in [0.717, 1.165) is 25.9 Å². The van der Waals surface area contributed by atoms with Gasteiger partial charge in [-0.3, -0.25) is 9.69 Å². The molecule has 1 saturated heterocycles. The van der Waals surface area contributed by atoms with Crippen LogP contribution >= 0.6 is 0 Å². The van der Waals surface area contributed by atoms with Crippen molar-refractivity contribution in [1.29, 1.82) is 0 Å². The number of aliphatic hydroxyl groups is 1. The molecule has 1 aromatic heterocycles. The second kappa shape index (κ2) is 7.77. The number of phenols is 3. The lowest BCUT2D eigenvalue weighted by Crippen LogP contribution is -2.34. The zero-order chi connectivity index (χ0) is 20.5. The number of aromatic hydroxyl groups is 3. The molecule has 0 saturated carbocycles. The average molecular weight is 397 g/mol. The topological polar surface area (TPSA) is 114 Å². The van der Waals surface area contributed by atoms with E-state index >= 15 is 0 Å². The molecular weight excluding hydrogens is 374 g/mol. The van der Waals surface area contributed by atoms with Crippen LogP contribution in [0.25, 0.3) is 22.3 Å². The Kier molecular flexibility index (Phi) is 5.17. The van der Waals surface area contributed by atoms with Crippen LogP contribution in [0.1, 0.15) is 18.4 Å². The van der Waals surface area contributed by atoms with Crippen molar-refractivity contribution in [3.63, 3.8) is 0 Å². The van der Waals surface area contributed by atoms with E-state index in [1.165, 1.54) is 24.3 Å². The second-order valence-electron chi connectivity index (χ2n) is 7.52. The highest BCUT2D eigenvalue weighted by molar-refractivity contribution is 5.89. The normalized spacial score (nSPS) is 15.8. The molecule has 0 aliphatic carbocycles. The Balaban J connectivity index is 1.79. The molecule has 0 amide bonds. The molecule has 0 bridgehead atoms. The zero-order valence-corrected chi connectivity index (χ0v) is 15.8. The molecule has 0 radical (unpaired) electrons. The zero-order valence-electron chi connectivity index (χ0n) is 15.8. The Hall–Kier alpha value is -3.03. The molecule has 0 atom stereocenters. The summed E-state index contributed by atoms with van der Waals surface area (Å²) in [5.41, 5.74) is 0.784. The van der Waals surface area contributed by atoms with Crippen molar-refractivity contribution in [3.8, 4) is 28.6 Å². The third-order valence-corrected chi connectivity index (χ3v) is 5.56. The van der Waals surface area contributed by atoms with Crippen LogP contribution in [0.5, 0.6) is 17.2 Å². The van der Waals surface area contributed by atoms with Crippen LogP contribution in [-0.4, -0.2) is 45.0 Å². The molecule has 4 N–H and O–H groups in total. The minimum atomic E-state index is -0.410. The maximum absolute atomic E-state index is 12.7. The number of rotatable bonds is 4. The maximum atomic E-state index is 12.7. The number of nitrogens with zero attached hydrogens (tertiary/aromatic N) is 1. The van der Waals surface area contributed by atoms with Gasteiger partial charge in [0, 0.05) is 30.8 Å². The van der Waals surface area contributed by atoms with Gasteiger partial charge in [-0.25, -0.2) is 0 Å². The highest BCUT2D eigenvalue weighted by Gasteiger charge is 2.23. The number of fused-ring (bicyclic) bond motifs is 1. The SMILES string of the molecule is O=c1cc(-c2ccc(O)cc2)oc2c(CN3CCC(CO)CC3)c(O)cc(O)c12. The number of phenolic OH excluding ortho intramolecular Hbond substituents is 3. The first-order valence-electron chi connectivity index (χ1n) is 9.60. The third-order valence-electron chi connectivity index (χ3n) is 5.56. The Bertz CT molecular complexity index is 1080. The summed E-state index contributed by atoms with van der Waals surface area (Å²) < 4.78 is 5.98. The fourth-order valence-corrected chi connectivity index (χ4v) is 3.83. The summed E-state index contributed by atoms with van der Waals surface area (Å²) in [6.45, 7) is 2.05. The van der Waals surface area contributed by atoms with Crippen LogP contribution in [0.3, 0.4) is 0 Å². The Morgan fingerprint density at radius 2 is 1.69 bits per heavy atom. The van der Waals surface area contributed by atoms with Gasteiger partial charge in [0.1, 0.15) is 28.4 Å². The standard InChI is InChI=1S/C22H23NO6/c24-12-13-5-7-23(8-6-13)11-16-17(26)9-18(27)21-19(28)10-20(29-22(16)21)14-1-3-15(25)4-2-14/h1-4,9-10,13,24-27H,5-8,11-12H2. The molecule has 2 heterocycles. The third kappa shape index (κ3) is 3.79. The lowest BCUT2D eigenvalue weighted by atomic mass is 9.97. The van der Waals surface area contributed by atoms with Gasteiger partial charge in [0.05, 0.1) is 5.56 Å². The predicted octanol–water partition coefficient (Wildman–Crippen LogP) is 2.78. The summed E-state index contributed by atoms with van der Waals surface area (Å²) in [5, 5.41) is 39.6. The summed E-state index contributed by atoms with van der Waals surface area (Å²) >= 11 is 0. The first-order valence-corrected chi connectivity index (χ1v) is 9.60. The number of hydrogen-bond acceptors (Lipinski definition) is 7. The monoisotopic (exact) mass is 397 g/mol. The van der Waals surface area contributed by atoms with Gasteiger partial charge in [-0.2, -0.15) is 0 Å². The van der Waals surface area contributed by atoms with E-state index in [9.17, 15) is 25.2 Å². The summed E-state index contributed by atoms with van der Waals surface area (Å²) in [7, 11) is 0. The van der Waals surface area contributed by atoms with E-state index in [4.69, 9.17) is 4.42 Å². The van der Waals surface area contributed by atoms with E-state index < -0.39 is 5.43 Å². The van der Waals surface area contributed by atoms with Gasteiger partial charge in [-0.1, -0.05) is 0 Å². The highest BCUT2D eigenvalue weighted by atomic mass is 16.3. The molecule has 2 aromatic carbocycles.